The minimum Gasteiger partial charge on any atom is -0.462 e. The van der Waals surface area contributed by atoms with Crippen molar-refractivity contribution in [2.24, 2.45) is 5.41 Å². The van der Waals surface area contributed by atoms with Crippen LogP contribution in [-0.4, -0.2) is 28.6 Å². The molecule has 5 nitrogen and oxygen atoms in total. The van der Waals surface area contributed by atoms with Crippen molar-refractivity contribution in [3.05, 3.63) is 17.5 Å². The van der Waals surface area contributed by atoms with Gasteiger partial charge in [0.2, 0.25) is 5.95 Å². The predicted octanol–water partition coefficient (Wildman–Crippen LogP) is 3.34. The van der Waals surface area contributed by atoms with Crippen molar-refractivity contribution in [1.82, 2.24) is 9.97 Å². The van der Waals surface area contributed by atoms with Gasteiger partial charge in [0.15, 0.2) is 0 Å². The Morgan fingerprint density at radius 3 is 2.90 bits per heavy atom. The number of ether oxygens (including phenoxy) is 1. The average molecular weight is 291 g/mol. The molecule has 1 aromatic heterocycles. The highest BCUT2D eigenvalue weighted by molar-refractivity contribution is 5.90. The summed E-state index contributed by atoms with van der Waals surface area (Å²) in [5.74, 6) is 0.239. The van der Waals surface area contributed by atoms with Crippen molar-refractivity contribution in [2.75, 3.05) is 11.9 Å². The second-order valence-corrected chi connectivity index (χ2v) is 6.51. The molecule has 1 saturated carbocycles. The number of hydrogen-bond acceptors (Lipinski definition) is 5. The molecule has 1 atom stereocenters. The van der Waals surface area contributed by atoms with Gasteiger partial charge in [-0.2, -0.15) is 0 Å². The largest absolute Gasteiger partial charge is 0.462 e. The number of esters is 1. The Kier molecular flexibility index (Phi) is 4.80. The Balaban J connectivity index is 2.05. The summed E-state index contributed by atoms with van der Waals surface area (Å²) >= 11 is 0. The maximum atomic E-state index is 11.7. The topological polar surface area (TPSA) is 64.1 Å². The van der Waals surface area contributed by atoms with Crippen LogP contribution in [0.1, 0.15) is 62.5 Å². The van der Waals surface area contributed by atoms with Crippen LogP contribution in [0.2, 0.25) is 0 Å². The molecule has 1 fully saturated rings. The van der Waals surface area contributed by atoms with E-state index in [2.05, 4.69) is 29.1 Å². The monoisotopic (exact) mass is 291 g/mol. The third-order valence-electron chi connectivity index (χ3n) is 4.01. The summed E-state index contributed by atoms with van der Waals surface area (Å²) in [7, 11) is 0. The van der Waals surface area contributed by atoms with E-state index in [0.717, 1.165) is 12.8 Å². The van der Waals surface area contributed by atoms with Gasteiger partial charge in [-0.1, -0.05) is 20.3 Å². The van der Waals surface area contributed by atoms with E-state index in [1.54, 1.807) is 13.1 Å². The Bertz CT molecular complexity index is 514. The molecule has 5 heteroatoms. The van der Waals surface area contributed by atoms with Gasteiger partial charge < -0.3 is 10.1 Å². The van der Waals surface area contributed by atoms with Crippen molar-refractivity contribution >= 4 is 11.9 Å². The van der Waals surface area contributed by atoms with Crippen LogP contribution >= 0.6 is 0 Å². The minimum atomic E-state index is -0.361. The molecular weight excluding hydrogens is 266 g/mol. The van der Waals surface area contributed by atoms with Crippen molar-refractivity contribution in [3.63, 3.8) is 0 Å². The quantitative estimate of drug-likeness (QED) is 0.862. The van der Waals surface area contributed by atoms with Crippen molar-refractivity contribution in [3.8, 4) is 0 Å². The summed E-state index contributed by atoms with van der Waals surface area (Å²) < 4.78 is 4.99. The molecule has 0 amide bonds. The highest BCUT2D eigenvalue weighted by Crippen LogP contribution is 2.36. The van der Waals surface area contributed by atoms with Crippen LogP contribution < -0.4 is 5.32 Å². The Morgan fingerprint density at radius 2 is 2.29 bits per heavy atom. The molecule has 0 spiro atoms. The Labute approximate surface area is 126 Å². The zero-order valence-electron chi connectivity index (χ0n) is 13.4. The van der Waals surface area contributed by atoms with E-state index in [1.807, 2.05) is 6.92 Å². The molecule has 1 N–H and O–H groups in total. The lowest BCUT2D eigenvalue weighted by Crippen LogP contribution is -2.32. The van der Waals surface area contributed by atoms with Crippen LogP contribution in [0.25, 0.3) is 0 Å². The van der Waals surface area contributed by atoms with Crippen LogP contribution in [0.3, 0.4) is 0 Å². The van der Waals surface area contributed by atoms with Crippen LogP contribution in [0.4, 0.5) is 5.95 Å². The molecule has 0 saturated heterocycles. The predicted molar refractivity (Wildman–Crippen MR) is 82.4 cm³/mol. The van der Waals surface area contributed by atoms with Gasteiger partial charge in [0, 0.05) is 12.2 Å². The van der Waals surface area contributed by atoms with Gasteiger partial charge in [-0.05, 0) is 38.5 Å². The molecule has 1 aliphatic carbocycles. The normalized spacial score (nSPS) is 20.9. The first-order valence-corrected chi connectivity index (χ1v) is 7.68. The van der Waals surface area contributed by atoms with Crippen molar-refractivity contribution in [2.45, 2.75) is 59.4 Å². The van der Waals surface area contributed by atoms with Crippen LogP contribution in [-0.2, 0) is 4.74 Å². The fraction of sp³-hybridized carbons (Fsp3) is 0.688. The molecule has 21 heavy (non-hydrogen) atoms. The lowest BCUT2D eigenvalue weighted by Gasteiger charge is -2.35. The Hall–Kier alpha value is -1.65. The Morgan fingerprint density at radius 1 is 1.52 bits per heavy atom. The molecule has 0 aliphatic heterocycles. The molecule has 2 rings (SSSR count). The molecule has 1 aromatic rings. The van der Waals surface area contributed by atoms with E-state index in [-0.39, 0.29) is 5.97 Å². The van der Waals surface area contributed by atoms with E-state index in [1.165, 1.54) is 12.8 Å². The maximum absolute atomic E-state index is 11.7. The zero-order valence-corrected chi connectivity index (χ0v) is 13.4. The van der Waals surface area contributed by atoms with Gasteiger partial charge in [0.25, 0.3) is 0 Å². The summed E-state index contributed by atoms with van der Waals surface area (Å²) in [6, 6.07) is 0.404. The highest BCUT2D eigenvalue weighted by Gasteiger charge is 2.28. The number of nitrogens with one attached hydrogen (secondary N) is 1. The summed E-state index contributed by atoms with van der Waals surface area (Å²) in [4.78, 5) is 20.4. The number of nitrogens with zero attached hydrogens (tertiary/aromatic N) is 2. The van der Waals surface area contributed by atoms with Crippen LogP contribution in [0.15, 0.2) is 6.20 Å². The first-order chi connectivity index (χ1) is 9.91. The van der Waals surface area contributed by atoms with E-state index < -0.39 is 0 Å². The molecule has 1 aliphatic rings. The van der Waals surface area contributed by atoms with E-state index in [4.69, 9.17) is 4.74 Å². The van der Waals surface area contributed by atoms with Crippen molar-refractivity contribution in [1.29, 1.82) is 0 Å². The number of anilines is 1. The minimum absolute atomic E-state index is 0.357. The van der Waals surface area contributed by atoms with Gasteiger partial charge in [-0.25, -0.2) is 14.8 Å². The number of hydrogen-bond donors (Lipinski definition) is 1. The maximum Gasteiger partial charge on any atom is 0.341 e. The fourth-order valence-electron chi connectivity index (χ4n) is 2.95. The first kappa shape index (κ1) is 15.7. The summed E-state index contributed by atoms with van der Waals surface area (Å²) in [5, 5.41) is 3.40. The number of carbonyl (C=O) groups excluding carboxylic acids is 1. The number of rotatable bonds is 4. The van der Waals surface area contributed by atoms with E-state index in [0.29, 0.717) is 35.3 Å². The SMILES string of the molecule is CCOC(=O)c1cnc(NC2CCCC(C)(C)C2)nc1C. The van der Waals surface area contributed by atoms with Gasteiger partial charge >= 0.3 is 5.97 Å². The molecule has 1 heterocycles. The molecule has 1 unspecified atom stereocenters. The van der Waals surface area contributed by atoms with Gasteiger partial charge in [-0.3, -0.25) is 0 Å². The number of aromatic nitrogens is 2. The summed E-state index contributed by atoms with van der Waals surface area (Å²) in [5.41, 5.74) is 1.46. The van der Waals surface area contributed by atoms with E-state index >= 15 is 0 Å². The average Bonchev–Trinajstić information content (AvgIpc) is 2.37. The smallest absolute Gasteiger partial charge is 0.341 e. The standard InChI is InChI=1S/C16H25N3O2/c1-5-21-14(20)13-10-17-15(18-11(13)2)19-12-7-6-8-16(3,4)9-12/h10,12H,5-9H2,1-4H3,(H,17,18,19). The van der Waals surface area contributed by atoms with Crippen LogP contribution in [0, 0.1) is 12.3 Å². The summed E-state index contributed by atoms with van der Waals surface area (Å²) in [6.45, 7) is 8.56. The van der Waals surface area contributed by atoms with Crippen LogP contribution in [0.5, 0.6) is 0 Å². The molecule has 0 aromatic carbocycles. The molecule has 0 radical (unpaired) electrons. The number of aryl methyl sites for hydroxylation is 1. The highest BCUT2D eigenvalue weighted by atomic mass is 16.5. The van der Waals surface area contributed by atoms with Crippen molar-refractivity contribution < 1.29 is 9.53 Å². The second kappa shape index (κ2) is 6.41. The van der Waals surface area contributed by atoms with Gasteiger partial charge in [0.1, 0.15) is 0 Å². The molecular formula is C16H25N3O2. The lowest BCUT2D eigenvalue weighted by atomic mass is 9.75. The first-order valence-electron chi connectivity index (χ1n) is 7.68. The third kappa shape index (κ3) is 4.16. The van der Waals surface area contributed by atoms with Gasteiger partial charge in [-0.15, -0.1) is 0 Å². The second-order valence-electron chi connectivity index (χ2n) is 6.51. The van der Waals surface area contributed by atoms with Gasteiger partial charge in [0.05, 0.1) is 17.9 Å². The molecule has 116 valence electrons. The fourth-order valence-corrected chi connectivity index (χ4v) is 2.95. The lowest BCUT2D eigenvalue weighted by molar-refractivity contribution is 0.0524. The third-order valence-corrected chi connectivity index (χ3v) is 4.01. The number of carbonyl (C=O) groups is 1. The summed E-state index contributed by atoms with van der Waals surface area (Å²) in [6.07, 6.45) is 6.31. The molecule has 0 bridgehead atoms. The van der Waals surface area contributed by atoms with E-state index in [9.17, 15) is 4.79 Å². The zero-order chi connectivity index (χ0) is 15.5.